The minimum atomic E-state index is -0.560. The number of hydrogen-bond acceptors (Lipinski definition) is 4. The van der Waals surface area contributed by atoms with E-state index in [1.807, 2.05) is 56.3 Å². The lowest BCUT2D eigenvalue weighted by Crippen LogP contribution is -2.30. The standard InChI is InChI=1S/C23H25BrN2O4/c1-3-16-11-19(24)9-10-20(16)25-21(27)14-30-23(29)18-12-22(28)26(13-18)15(2)17-7-5-4-6-8-17/h4-11,15,18H,3,12-14H2,1-2H3,(H,25,27)/t15-,18-/m1/s1. The lowest BCUT2D eigenvalue weighted by Gasteiger charge is -2.25. The summed E-state index contributed by atoms with van der Waals surface area (Å²) >= 11 is 3.41. The summed E-state index contributed by atoms with van der Waals surface area (Å²) < 4.78 is 6.13. The third-order valence-corrected chi connectivity index (χ3v) is 5.80. The first-order valence-corrected chi connectivity index (χ1v) is 10.8. The van der Waals surface area contributed by atoms with Crippen LogP contribution < -0.4 is 5.32 Å². The Morgan fingerprint density at radius 2 is 1.97 bits per heavy atom. The van der Waals surface area contributed by atoms with E-state index in [1.54, 1.807) is 11.0 Å². The molecule has 1 N–H and O–H groups in total. The van der Waals surface area contributed by atoms with Crippen molar-refractivity contribution in [2.75, 3.05) is 18.5 Å². The summed E-state index contributed by atoms with van der Waals surface area (Å²) in [4.78, 5) is 38.8. The number of halogens is 1. The normalized spacial score (nSPS) is 17.0. The topological polar surface area (TPSA) is 75.7 Å². The summed E-state index contributed by atoms with van der Waals surface area (Å²) in [6, 6.07) is 15.2. The monoisotopic (exact) mass is 472 g/mol. The molecule has 2 atom stereocenters. The molecule has 0 saturated carbocycles. The van der Waals surface area contributed by atoms with Gasteiger partial charge in [-0.15, -0.1) is 0 Å². The van der Waals surface area contributed by atoms with E-state index in [0.717, 1.165) is 22.0 Å². The first-order valence-electron chi connectivity index (χ1n) is 9.98. The number of carbonyl (C=O) groups excluding carboxylic acids is 3. The molecule has 30 heavy (non-hydrogen) atoms. The van der Waals surface area contributed by atoms with Crippen LogP contribution in [0.1, 0.15) is 37.4 Å². The third-order valence-electron chi connectivity index (χ3n) is 5.31. The molecular weight excluding hydrogens is 448 g/mol. The second kappa shape index (κ2) is 9.89. The predicted molar refractivity (Wildman–Crippen MR) is 118 cm³/mol. The molecule has 6 nitrogen and oxygen atoms in total. The molecule has 0 spiro atoms. The van der Waals surface area contributed by atoms with Crippen molar-refractivity contribution >= 4 is 39.4 Å². The van der Waals surface area contributed by atoms with Gasteiger partial charge in [-0.2, -0.15) is 0 Å². The van der Waals surface area contributed by atoms with E-state index in [-0.39, 0.29) is 25.0 Å². The average Bonchev–Trinajstić information content (AvgIpc) is 3.15. The van der Waals surface area contributed by atoms with Gasteiger partial charge in [-0.25, -0.2) is 0 Å². The number of nitrogens with zero attached hydrogens (tertiary/aromatic N) is 1. The van der Waals surface area contributed by atoms with Crippen molar-refractivity contribution in [3.05, 3.63) is 64.1 Å². The number of amides is 2. The van der Waals surface area contributed by atoms with Crippen LogP contribution in [-0.2, 0) is 25.5 Å². The van der Waals surface area contributed by atoms with Crippen molar-refractivity contribution in [1.29, 1.82) is 0 Å². The summed E-state index contributed by atoms with van der Waals surface area (Å²) in [6.07, 6.45) is 0.860. The molecule has 2 amide bonds. The van der Waals surface area contributed by atoms with Gasteiger partial charge in [-0.1, -0.05) is 53.2 Å². The van der Waals surface area contributed by atoms with Crippen LogP contribution in [-0.4, -0.2) is 35.8 Å². The van der Waals surface area contributed by atoms with Gasteiger partial charge in [0.25, 0.3) is 5.91 Å². The van der Waals surface area contributed by atoms with E-state index in [9.17, 15) is 14.4 Å². The Bertz CT molecular complexity index is 932. The highest BCUT2D eigenvalue weighted by atomic mass is 79.9. The SMILES string of the molecule is CCc1cc(Br)ccc1NC(=O)COC(=O)[C@@H]1CC(=O)N([C@H](C)c2ccccc2)C1. The van der Waals surface area contributed by atoms with Crippen LogP contribution >= 0.6 is 15.9 Å². The minimum Gasteiger partial charge on any atom is -0.455 e. The number of likely N-dealkylation sites (tertiary alicyclic amines) is 1. The fourth-order valence-corrected chi connectivity index (χ4v) is 4.00. The number of nitrogens with one attached hydrogen (secondary N) is 1. The molecule has 1 saturated heterocycles. The van der Waals surface area contributed by atoms with Gasteiger partial charge < -0.3 is 15.0 Å². The first kappa shape index (κ1) is 22.0. The molecule has 0 aromatic heterocycles. The van der Waals surface area contributed by atoms with Crippen LogP contribution in [0.3, 0.4) is 0 Å². The Balaban J connectivity index is 1.53. The number of aryl methyl sites for hydroxylation is 1. The molecule has 2 aromatic rings. The maximum atomic E-state index is 12.4. The molecule has 158 valence electrons. The van der Waals surface area contributed by atoms with Crippen LogP contribution in [0.25, 0.3) is 0 Å². The summed E-state index contributed by atoms with van der Waals surface area (Å²) in [5.74, 6) is -1.57. The largest absolute Gasteiger partial charge is 0.455 e. The van der Waals surface area contributed by atoms with E-state index >= 15 is 0 Å². The average molecular weight is 473 g/mol. The molecule has 1 fully saturated rings. The maximum Gasteiger partial charge on any atom is 0.311 e. The summed E-state index contributed by atoms with van der Waals surface area (Å²) in [6.45, 7) is 3.85. The Hall–Kier alpha value is -2.67. The molecule has 0 radical (unpaired) electrons. The second-order valence-electron chi connectivity index (χ2n) is 7.34. The van der Waals surface area contributed by atoms with Crippen LogP contribution in [0.2, 0.25) is 0 Å². The molecule has 3 rings (SSSR count). The van der Waals surface area contributed by atoms with E-state index < -0.39 is 17.8 Å². The Labute approximate surface area is 184 Å². The van der Waals surface area contributed by atoms with E-state index in [1.165, 1.54) is 0 Å². The van der Waals surface area contributed by atoms with Gasteiger partial charge in [0, 0.05) is 23.1 Å². The summed E-state index contributed by atoms with van der Waals surface area (Å²) in [5.41, 5.74) is 2.69. The highest BCUT2D eigenvalue weighted by Crippen LogP contribution is 2.29. The number of benzene rings is 2. The number of carbonyl (C=O) groups is 3. The predicted octanol–water partition coefficient (Wildman–Crippen LogP) is 4.10. The second-order valence-corrected chi connectivity index (χ2v) is 8.26. The van der Waals surface area contributed by atoms with Crippen molar-refractivity contribution in [2.45, 2.75) is 32.7 Å². The minimum absolute atomic E-state index is 0.0831. The molecule has 7 heteroatoms. The van der Waals surface area contributed by atoms with Gasteiger partial charge in [0.15, 0.2) is 6.61 Å². The van der Waals surface area contributed by atoms with Gasteiger partial charge >= 0.3 is 5.97 Å². The summed E-state index contributed by atoms with van der Waals surface area (Å²) in [5, 5.41) is 2.78. The zero-order valence-corrected chi connectivity index (χ0v) is 18.6. The van der Waals surface area contributed by atoms with Crippen LogP contribution in [0.4, 0.5) is 5.69 Å². The van der Waals surface area contributed by atoms with Crippen LogP contribution in [0.15, 0.2) is 53.0 Å². The molecule has 0 aliphatic carbocycles. The number of hydrogen-bond donors (Lipinski definition) is 1. The van der Waals surface area contributed by atoms with Crippen LogP contribution in [0, 0.1) is 5.92 Å². The molecule has 1 heterocycles. The van der Waals surface area contributed by atoms with Crippen molar-refractivity contribution in [1.82, 2.24) is 4.90 Å². The van der Waals surface area contributed by atoms with Gasteiger partial charge in [0.05, 0.1) is 12.0 Å². The van der Waals surface area contributed by atoms with Crippen molar-refractivity contribution < 1.29 is 19.1 Å². The number of esters is 1. The number of rotatable bonds is 7. The lowest BCUT2D eigenvalue weighted by atomic mass is 10.1. The smallest absolute Gasteiger partial charge is 0.311 e. The van der Waals surface area contributed by atoms with Gasteiger partial charge in [0.2, 0.25) is 5.91 Å². The fraction of sp³-hybridized carbons (Fsp3) is 0.348. The van der Waals surface area contributed by atoms with E-state index in [2.05, 4.69) is 21.2 Å². The van der Waals surface area contributed by atoms with Crippen molar-refractivity contribution in [3.8, 4) is 0 Å². The molecule has 1 aliphatic heterocycles. The zero-order chi connectivity index (χ0) is 21.7. The molecule has 2 aromatic carbocycles. The zero-order valence-electron chi connectivity index (χ0n) is 17.1. The van der Waals surface area contributed by atoms with Gasteiger partial charge in [-0.05, 0) is 42.7 Å². The van der Waals surface area contributed by atoms with Gasteiger partial charge in [0.1, 0.15) is 0 Å². The number of anilines is 1. The maximum absolute atomic E-state index is 12.4. The summed E-state index contributed by atoms with van der Waals surface area (Å²) in [7, 11) is 0. The molecule has 0 bridgehead atoms. The fourth-order valence-electron chi connectivity index (χ4n) is 3.59. The Kier molecular flexibility index (Phi) is 7.26. The molecule has 0 unspecified atom stereocenters. The highest BCUT2D eigenvalue weighted by Gasteiger charge is 2.38. The first-order chi connectivity index (χ1) is 14.4. The van der Waals surface area contributed by atoms with Gasteiger partial charge in [-0.3, -0.25) is 14.4 Å². The van der Waals surface area contributed by atoms with E-state index in [4.69, 9.17) is 4.74 Å². The lowest BCUT2D eigenvalue weighted by molar-refractivity contribution is -0.151. The molecule has 1 aliphatic rings. The quantitative estimate of drug-likeness (QED) is 0.615. The Morgan fingerprint density at radius 3 is 2.67 bits per heavy atom. The van der Waals surface area contributed by atoms with Crippen molar-refractivity contribution in [2.24, 2.45) is 5.92 Å². The number of ether oxygens (including phenoxy) is 1. The highest BCUT2D eigenvalue weighted by molar-refractivity contribution is 9.10. The van der Waals surface area contributed by atoms with E-state index in [0.29, 0.717) is 12.2 Å². The van der Waals surface area contributed by atoms with Crippen LogP contribution in [0.5, 0.6) is 0 Å². The molecular formula is C23H25BrN2O4. The van der Waals surface area contributed by atoms with Crippen molar-refractivity contribution in [3.63, 3.8) is 0 Å². The third kappa shape index (κ3) is 5.27. The Morgan fingerprint density at radius 1 is 1.23 bits per heavy atom.